The number of benzene rings is 1. The van der Waals surface area contributed by atoms with E-state index in [9.17, 15) is 22.0 Å². The predicted octanol–water partition coefficient (Wildman–Crippen LogP) is 2.70. The molecule has 0 atom stereocenters. The summed E-state index contributed by atoms with van der Waals surface area (Å²) in [6, 6.07) is 4.73. The summed E-state index contributed by atoms with van der Waals surface area (Å²) in [6.07, 6.45) is 1.03. The number of amides is 1. The summed E-state index contributed by atoms with van der Waals surface area (Å²) in [5.41, 5.74) is 0.409. The third kappa shape index (κ3) is 3.50. The lowest BCUT2D eigenvalue weighted by molar-refractivity contribution is 0.0786. The van der Waals surface area contributed by atoms with Gasteiger partial charge in [-0.1, -0.05) is 6.07 Å². The molecule has 0 bridgehead atoms. The second-order valence-electron chi connectivity index (χ2n) is 4.80. The molecule has 0 aliphatic carbocycles. The van der Waals surface area contributed by atoms with E-state index in [0.29, 0.717) is 5.56 Å². The molecule has 118 valence electrons. The zero-order valence-electron chi connectivity index (χ0n) is 11.8. The Morgan fingerprint density at radius 1 is 1.23 bits per heavy atom. The quantitative estimate of drug-likeness (QED) is 0.856. The normalized spacial score (nSPS) is 11.5. The maximum Gasteiger partial charge on any atom is 0.265 e. The van der Waals surface area contributed by atoms with Crippen LogP contribution in [0.1, 0.15) is 15.2 Å². The van der Waals surface area contributed by atoms with Crippen LogP contribution in [0.25, 0.3) is 0 Å². The van der Waals surface area contributed by atoms with Crippen molar-refractivity contribution < 1.29 is 22.0 Å². The fraction of sp³-hybridized carbons (Fsp3) is 0.214. The van der Waals surface area contributed by atoms with Gasteiger partial charge in [-0.2, -0.15) is 0 Å². The van der Waals surface area contributed by atoms with Crippen LogP contribution in [0.2, 0.25) is 0 Å². The van der Waals surface area contributed by atoms with Crippen molar-refractivity contribution in [3.05, 3.63) is 51.7 Å². The molecule has 2 rings (SSSR count). The standard InChI is InChI=1S/C14H13F2NO3S2/c1-17(8-9-3-4-10(15)11(16)7-9)14(18)13-12(5-6-21-13)22(2,19)20/h3-7H,8H2,1-2H3. The number of halogens is 2. The predicted molar refractivity (Wildman–Crippen MR) is 79.6 cm³/mol. The summed E-state index contributed by atoms with van der Waals surface area (Å²) in [5.74, 6) is -2.44. The van der Waals surface area contributed by atoms with Crippen molar-refractivity contribution in [2.24, 2.45) is 0 Å². The molecule has 0 radical (unpaired) electrons. The monoisotopic (exact) mass is 345 g/mol. The Balaban J connectivity index is 2.23. The molecule has 0 fully saturated rings. The van der Waals surface area contributed by atoms with Gasteiger partial charge in [0, 0.05) is 19.8 Å². The molecule has 1 aromatic carbocycles. The largest absolute Gasteiger partial charge is 0.337 e. The zero-order chi connectivity index (χ0) is 16.5. The van der Waals surface area contributed by atoms with Crippen molar-refractivity contribution in [3.8, 4) is 0 Å². The maximum absolute atomic E-state index is 13.2. The van der Waals surface area contributed by atoms with Gasteiger partial charge in [0.15, 0.2) is 21.5 Å². The molecule has 0 unspecified atom stereocenters. The van der Waals surface area contributed by atoms with Gasteiger partial charge in [0.1, 0.15) is 4.88 Å². The molecule has 0 N–H and O–H groups in total. The van der Waals surface area contributed by atoms with E-state index >= 15 is 0 Å². The van der Waals surface area contributed by atoms with Crippen LogP contribution in [0.5, 0.6) is 0 Å². The molecule has 22 heavy (non-hydrogen) atoms. The molecule has 8 heteroatoms. The van der Waals surface area contributed by atoms with Crippen LogP contribution in [0.4, 0.5) is 8.78 Å². The third-order valence-electron chi connectivity index (χ3n) is 2.97. The van der Waals surface area contributed by atoms with Gasteiger partial charge >= 0.3 is 0 Å². The lowest BCUT2D eigenvalue weighted by Gasteiger charge is -2.17. The highest BCUT2D eigenvalue weighted by atomic mass is 32.2. The fourth-order valence-corrected chi connectivity index (χ4v) is 4.11. The number of sulfone groups is 1. The Morgan fingerprint density at radius 3 is 2.50 bits per heavy atom. The number of hydrogen-bond acceptors (Lipinski definition) is 4. The van der Waals surface area contributed by atoms with Crippen molar-refractivity contribution >= 4 is 27.1 Å². The van der Waals surface area contributed by atoms with Crippen LogP contribution >= 0.6 is 11.3 Å². The summed E-state index contributed by atoms with van der Waals surface area (Å²) >= 11 is 1.02. The van der Waals surface area contributed by atoms with E-state index in [1.165, 1.54) is 29.5 Å². The second-order valence-corrected chi connectivity index (χ2v) is 7.70. The average Bonchev–Trinajstić information content (AvgIpc) is 2.91. The number of rotatable bonds is 4. The number of carbonyl (C=O) groups excluding carboxylic acids is 1. The molecule has 0 spiro atoms. The third-order valence-corrected chi connectivity index (χ3v) is 5.14. The molecule has 0 saturated heterocycles. The van der Waals surface area contributed by atoms with Gasteiger partial charge in [-0.25, -0.2) is 17.2 Å². The van der Waals surface area contributed by atoms with Crippen molar-refractivity contribution in [1.29, 1.82) is 0 Å². The lowest BCUT2D eigenvalue weighted by atomic mass is 10.2. The summed E-state index contributed by atoms with van der Waals surface area (Å²) in [6.45, 7) is 0.0388. The first-order valence-electron chi connectivity index (χ1n) is 6.17. The van der Waals surface area contributed by atoms with Crippen LogP contribution in [0.15, 0.2) is 34.5 Å². The van der Waals surface area contributed by atoms with Gasteiger partial charge in [-0.3, -0.25) is 4.79 Å². The molecule has 1 heterocycles. The van der Waals surface area contributed by atoms with E-state index in [4.69, 9.17) is 0 Å². The van der Waals surface area contributed by atoms with E-state index in [-0.39, 0.29) is 16.3 Å². The van der Waals surface area contributed by atoms with Gasteiger partial charge in [0.05, 0.1) is 4.90 Å². The summed E-state index contributed by atoms with van der Waals surface area (Å²) in [4.78, 5) is 13.7. The van der Waals surface area contributed by atoms with Gasteiger partial charge in [0.2, 0.25) is 0 Å². The van der Waals surface area contributed by atoms with Crippen molar-refractivity contribution in [2.45, 2.75) is 11.4 Å². The molecule has 2 aromatic rings. The second kappa shape index (κ2) is 6.13. The van der Waals surface area contributed by atoms with E-state index in [0.717, 1.165) is 29.7 Å². The zero-order valence-corrected chi connectivity index (χ0v) is 13.5. The van der Waals surface area contributed by atoms with E-state index in [2.05, 4.69) is 0 Å². The number of carbonyl (C=O) groups is 1. The van der Waals surface area contributed by atoms with E-state index in [1.54, 1.807) is 0 Å². The van der Waals surface area contributed by atoms with Crippen molar-refractivity contribution in [3.63, 3.8) is 0 Å². The SMILES string of the molecule is CN(Cc1ccc(F)c(F)c1)C(=O)c1sccc1S(C)(=O)=O. The minimum atomic E-state index is -3.50. The minimum Gasteiger partial charge on any atom is -0.337 e. The van der Waals surface area contributed by atoms with Gasteiger partial charge in [0.25, 0.3) is 5.91 Å². The molecule has 0 aliphatic heterocycles. The number of hydrogen-bond donors (Lipinski definition) is 0. The van der Waals surface area contributed by atoms with Crippen LogP contribution in [0.3, 0.4) is 0 Å². The smallest absolute Gasteiger partial charge is 0.265 e. The Labute approximate surface area is 130 Å². The van der Waals surface area contributed by atoms with Crippen LogP contribution in [-0.4, -0.2) is 32.5 Å². The lowest BCUT2D eigenvalue weighted by Crippen LogP contribution is -2.26. The molecule has 1 amide bonds. The highest BCUT2D eigenvalue weighted by molar-refractivity contribution is 7.91. The van der Waals surface area contributed by atoms with Gasteiger partial charge in [-0.05, 0) is 29.1 Å². The Hall–Kier alpha value is -1.80. The Kier molecular flexibility index (Phi) is 4.62. The molecule has 4 nitrogen and oxygen atoms in total. The first-order chi connectivity index (χ1) is 10.2. The van der Waals surface area contributed by atoms with E-state index in [1.807, 2.05) is 0 Å². The Bertz CT molecular complexity index is 815. The minimum absolute atomic E-state index is 0.0281. The summed E-state index contributed by atoms with van der Waals surface area (Å²) in [5, 5.41) is 1.52. The Morgan fingerprint density at radius 2 is 1.91 bits per heavy atom. The maximum atomic E-state index is 13.2. The number of nitrogens with zero attached hydrogens (tertiary/aromatic N) is 1. The molecule has 0 aliphatic rings. The molecule has 1 aromatic heterocycles. The number of thiophene rings is 1. The van der Waals surface area contributed by atoms with Crippen molar-refractivity contribution in [1.82, 2.24) is 4.90 Å². The van der Waals surface area contributed by atoms with Crippen LogP contribution in [-0.2, 0) is 16.4 Å². The van der Waals surface area contributed by atoms with Crippen LogP contribution in [0, 0.1) is 11.6 Å². The first-order valence-corrected chi connectivity index (χ1v) is 8.94. The summed E-state index contributed by atoms with van der Waals surface area (Å²) < 4.78 is 49.3. The molecular weight excluding hydrogens is 332 g/mol. The van der Waals surface area contributed by atoms with Crippen molar-refractivity contribution in [2.75, 3.05) is 13.3 Å². The molecular formula is C14H13F2NO3S2. The summed E-state index contributed by atoms with van der Waals surface area (Å²) in [7, 11) is -2.03. The first kappa shape index (κ1) is 16.6. The average molecular weight is 345 g/mol. The molecule has 0 saturated carbocycles. The fourth-order valence-electron chi connectivity index (χ4n) is 1.90. The highest BCUT2D eigenvalue weighted by Crippen LogP contribution is 2.24. The van der Waals surface area contributed by atoms with Crippen LogP contribution < -0.4 is 0 Å². The van der Waals surface area contributed by atoms with E-state index < -0.39 is 27.4 Å². The van der Waals surface area contributed by atoms with Gasteiger partial charge in [-0.15, -0.1) is 11.3 Å². The van der Waals surface area contributed by atoms with Gasteiger partial charge < -0.3 is 4.90 Å². The highest BCUT2D eigenvalue weighted by Gasteiger charge is 2.23. The topological polar surface area (TPSA) is 54.5 Å².